The highest BCUT2D eigenvalue weighted by atomic mass is 35.5. The van der Waals surface area contributed by atoms with E-state index in [2.05, 4.69) is 5.32 Å². The predicted octanol–water partition coefficient (Wildman–Crippen LogP) is 4.18. The van der Waals surface area contributed by atoms with Gasteiger partial charge in [0.05, 0.1) is 0 Å². The zero-order valence-corrected chi connectivity index (χ0v) is 10.3. The SMILES string of the molecule is FC(F)(F)C1(NCc2cc(Cl)cc(Cl)c2)CC1. The fraction of sp³-hybridized carbons (Fsp3) is 0.455. The Morgan fingerprint density at radius 2 is 1.65 bits per heavy atom. The molecule has 0 spiro atoms. The van der Waals surface area contributed by atoms with Crippen molar-refractivity contribution >= 4 is 23.2 Å². The van der Waals surface area contributed by atoms with Gasteiger partial charge in [-0.25, -0.2) is 0 Å². The Labute approximate surface area is 107 Å². The Morgan fingerprint density at radius 1 is 1.12 bits per heavy atom. The van der Waals surface area contributed by atoms with Crippen LogP contribution in [-0.4, -0.2) is 11.7 Å². The summed E-state index contributed by atoms with van der Waals surface area (Å²) < 4.78 is 37.9. The fourth-order valence-corrected chi connectivity index (χ4v) is 2.24. The molecule has 1 aliphatic carbocycles. The van der Waals surface area contributed by atoms with Crippen LogP contribution in [0.25, 0.3) is 0 Å². The second-order valence-corrected chi connectivity index (χ2v) is 5.08. The first-order valence-electron chi connectivity index (χ1n) is 5.09. The summed E-state index contributed by atoms with van der Waals surface area (Å²) in [5.41, 5.74) is -1.06. The molecular formula is C11H10Cl2F3N. The lowest BCUT2D eigenvalue weighted by molar-refractivity contribution is -0.166. The third-order valence-electron chi connectivity index (χ3n) is 2.85. The van der Waals surface area contributed by atoms with Gasteiger partial charge in [0.1, 0.15) is 5.54 Å². The number of halogens is 5. The molecule has 0 radical (unpaired) electrons. The molecule has 0 aliphatic heterocycles. The molecule has 0 saturated heterocycles. The summed E-state index contributed by atoms with van der Waals surface area (Å²) in [6.07, 6.45) is -3.94. The summed E-state index contributed by atoms with van der Waals surface area (Å²) in [5.74, 6) is 0. The summed E-state index contributed by atoms with van der Waals surface area (Å²) in [6, 6.07) is 4.75. The first-order valence-corrected chi connectivity index (χ1v) is 5.85. The summed E-state index contributed by atoms with van der Waals surface area (Å²) >= 11 is 11.5. The maximum absolute atomic E-state index is 12.6. The molecule has 0 aromatic heterocycles. The van der Waals surface area contributed by atoms with Crippen molar-refractivity contribution in [2.24, 2.45) is 0 Å². The van der Waals surface area contributed by atoms with E-state index in [0.717, 1.165) is 0 Å². The summed E-state index contributed by atoms with van der Waals surface area (Å²) in [7, 11) is 0. The molecule has 0 heterocycles. The smallest absolute Gasteiger partial charge is 0.299 e. The van der Waals surface area contributed by atoms with Crippen LogP contribution >= 0.6 is 23.2 Å². The van der Waals surface area contributed by atoms with Crippen LogP contribution in [0.1, 0.15) is 18.4 Å². The monoisotopic (exact) mass is 283 g/mol. The van der Waals surface area contributed by atoms with Gasteiger partial charge in [0.15, 0.2) is 0 Å². The van der Waals surface area contributed by atoms with Gasteiger partial charge in [-0.2, -0.15) is 13.2 Å². The largest absolute Gasteiger partial charge is 0.406 e. The van der Waals surface area contributed by atoms with Crippen LogP contribution in [0.15, 0.2) is 18.2 Å². The maximum Gasteiger partial charge on any atom is 0.406 e. The Hall–Kier alpha value is -0.450. The Kier molecular flexibility index (Phi) is 3.31. The predicted molar refractivity (Wildman–Crippen MR) is 61.3 cm³/mol. The average molecular weight is 284 g/mol. The van der Waals surface area contributed by atoms with Crippen LogP contribution in [0.4, 0.5) is 13.2 Å². The van der Waals surface area contributed by atoms with Crippen molar-refractivity contribution in [1.82, 2.24) is 5.32 Å². The van der Waals surface area contributed by atoms with E-state index in [9.17, 15) is 13.2 Å². The van der Waals surface area contributed by atoms with Gasteiger partial charge in [-0.15, -0.1) is 0 Å². The van der Waals surface area contributed by atoms with E-state index in [1.54, 1.807) is 18.2 Å². The van der Waals surface area contributed by atoms with Crippen LogP contribution in [-0.2, 0) is 6.54 Å². The highest BCUT2D eigenvalue weighted by Gasteiger charge is 2.62. The summed E-state index contributed by atoms with van der Waals surface area (Å²) in [6.45, 7) is 0.111. The minimum absolute atomic E-state index is 0.111. The number of rotatable bonds is 3. The van der Waals surface area contributed by atoms with Gasteiger partial charge in [0.25, 0.3) is 0 Å². The van der Waals surface area contributed by atoms with E-state index >= 15 is 0 Å². The zero-order valence-electron chi connectivity index (χ0n) is 8.74. The van der Waals surface area contributed by atoms with Crippen LogP contribution in [0.3, 0.4) is 0 Å². The third-order valence-corrected chi connectivity index (χ3v) is 3.28. The summed E-state index contributed by atoms with van der Waals surface area (Å²) in [4.78, 5) is 0. The molecule has 2 rings (SSSR count). The minimum atomic E-state index is -4.20. The molecule has 1 aromatic carbocycles. The van der Waals surface area contributed by atoms with Crippen molar-refractivity contribution in [3.63, 3.8) is 0 Å². The second kappa shape index (κ2) is 4.34. The molecule has 0 bridgehead atoms. The second-order valence-electron chi connectivity index (χ2n) is 4.21. The first-order chi connectivity index (χ1) is 7.82. The van der Waals surface area contributed by atoms with E-state index in [4.69, 9.17) is 23.2 Å². The number of hydrogen-bond acceptors (Lipinski definition) is 1. The standard InChI is InChI=1S/C11H10Cl2F3N/c12-8-3-7(4-9(13)5-8)6-17-10(1-2-10)11(14,15)16/h3-5,17H,1-2,6H2. The molecule has 1 N–H and O–H groups in total. The quantitative estimate of drug-likeness (QED) is 0.878. The summed E-state index contributed by atoms with van der Waals surface area (Å²) in [5, 5.41) is 3.38. The van der Waals surface area contributed by atoms with Crippen LogP contribution in [0.2, 0.25) is 10.0 Å². The number of hydrogen-bond donors (Lipinski definition) is 1. The van der Waals surface area contributed by atoms with Gasteiger partial charge in [-0.05, 0) is 36.6 Å². The van der Waals surface area contributed by atoms with E-state index in [-0.39, 0.29) is 19.4 Å². The lowest BCUT2D eigenvalue weighted by Gasteiger charge is -2.20. The Bertz CT molecular complexity index is 407. The van der Waals surface area contributed by atoms with Crippen molar-refractivity contribution in [1.29, 1.82) is 0 Å². The van der Waals surface area contributed by atoms with Crippen molar-refractivity contribution in [3.8, 4) is 0 Å². The van der Waals surface area contributed by atoms with Gasteiger partial charge in [-0.3, -0.25) is 5.32 Å². The number of benzene rings is 1. The van der Waals surface area contributed by atoms with Crippen molar-refractivity contribution in [2.45, 2.75) is 31.1 Å². The zero-order chi connectivity index (χ0) is 12.7. The lowest BCUT2D eigenvalue weighted by atomic mass is 10.2. The molecule has 1 nitrogen and oxygen atoms in total. The topological polar surface area (TPSA) is 12.0 Å². The van der Waals surface area contributed by atoms with Crippen molar-refractivity contribution < 1.29 is 13.2 Å². The van der Waals surface area contributed by atoms with Crippen LogP contribution < -0.4 is 5.32 Å². The maximum atomic E-state index is 12.6. The molecule has 6 heteroatoms. The molecule has 1 aliphatic rings. The van der Waals surface area contributed by atoms with Gasteiger partial charge in [0, 0.05) is 16.6 Å². The molecule has 0 amide bonds. The highest BCUT2D eigenvalue weighted by Crippen LogP contribution is 2.49. The molecule has 0 atom stereocenters. The van der Waals surface area contributed by atoms with E-state index in [0.29, 0.717) is 15.6 Å². The normalized spacial score (nSPS) is 18.2. The molecule has 1 aromatic rings. The molecule has 17 heavy (non-hydrogen) atoms. The molecule has 1 fully saturated rings. The minimum Gasteiger partial charge on any atom is -0.299 e. The van der Waals surface area contributed by atoms with E-state index in [1.165, 1.54) is 0 Å². The van der Waals surface area contributed by atoms with Crippen molar-refractivity contribution in [2.75, 3.05) is 0 Å². The average Bonchev–Trinajstić information content (AvgIpc) is 2.92. The highest BCUT2D eigenvalue weighted by molar-refractivity contribution is 6.34. The molecule has 0 unspecified atom stereocenters. The van der Waals surface area contributed by atoms with Crippen LogP contribution in [0.5, 0.6) is 0 Å². The van der Waals surface area contributed by atoms with Crippen molar-refractivity contribution in [3.05, 3.63) is 33.8 Å². The molecule has 1 saturated carbocycles. The fourth-order valence-electron chi connectivity index (χ4n) is 1.67. The molecular weight excluding hydrogens is 274 g/mol. The Morgan fingerprint density at radius 3 is 2.06 bits per heavy atom. The number of alkyl halides is 3. The van der Waals surface area contributed by atoms with Gasteiger partial charge in [-0.1, -0.05) is 23.2 Å². The third kappa shape index (κ3) is 2.87. The first kappa shape index (κ1) is 13.0. The molecule has 94 valence electrons. The van der Waals surface area contributed by atoms with Gasteiger partial charge in [0.2, 0.25) is 0 Å². The van der Waals surface area contributed by atoms with Gasteiger partial charge >= 0.3 is 6.18 Å². The number of nitrogens with one attached hydrogen (secondary N) is 1. The van der Waals surface area contributed by atoms with E-state index < -0.39 is 11.7 Å². The Balaban J connectivity index is 2.03. The van der Waals surface area contributed by atoms with E-state index in [1.807, 2.05) is 0 Å². The lowest BCUT2D eigenvalue weighted by Crippen LogP contribution is -2.44. The van der Waals surface area contributed by atoms with Crippen LogP contribution in [0, 0.1) is 0 Å². The van der Waals surface area contributed by atoms with Gasteiger partial charge < -0.3 is 0 Å².